The molecule has 0 aromatic heterocycles. The number of ether oxygens (including phenoxy) is 1. The van der Waals surface area contributed by atoms with Crippen molar-refractivity contribution in [3.8, 4) is 0 Å². The lowest BCUT2D eigenvalue weighted by molar-refractivity contribution is -0.114. The highest BCUT2D eigenvalue weighted by molar-refractivity contribution is 5.88. The van der Waals surface area contributed by atoms with Gasteiger partial charge in [0.2, 0.25) is 5.91 Å². The zero-order valence-electron chi connectivity index (χ0n) is 19.9. The molecular formula is C26H42N4O2. The van der Waals surface area contributed by atoms with E-state index in [-0.39, 0.29) is 5.91 Å². The Balaban J connectivity index is 1.11. The maximum atomic E-state index is 11.2. The van der Waals surface area contributed by atoms with Gasteiger partial charge >= 0.3 is 0 Å². The van der Waals surface area contributed by atoms with Crippen molar-refractivity contribution >= 4 is 11.6 Å². The van der Waals surface area contributed by atoms with E-state index < -0.39 is 0 Å². The Kier molecular flexibility index (Phi) is 8.97. The van der Waals surface area contributed by atoms with E-state index in [1.165, 1.54) is 76.8 Å². The van der Waals surface area contributed by atoms with Gasteiger partial charge in [0.05, 0.1) is 6.61 Å². The van der Waals surface area contributed by atoms with Crippen molar-refractivity contribution < 1.29 is 9.53 Å². The number of rotatable bonds is 9. The normalized spacial score (nSPS) is 25.4. The first-order valence-electron chi connectivity index (χ1n) is 12.8. The molecule has 1 aromatic carbocycles. The minimum atomic E-state index is -0.0210. The molecule has 0 saturated carbocycles. The van der Waals surface area contributed by atoms with Gasteiger partial charge in [-0.15, -0.1) is 0 Å². The molecule has 0 unspecified atom stereocenters. The average Bonchev–Trinajstić information content (AvgIpc) is 2.80. The van der Waals surface area contributed by atoms with Crippen LogP contribution in [0.2, 0.25) is 0 Å². The fourth-order valence-corrected chi connectivity index (χ4v) is 5.58. The fraction of sp³-hybridized carbons (Fsp3) is 0.731. The molecule has 1 aromatic rings. The summed E-state index contributed by atoms with van der Waals surface area (Å²) in [5.41, 5.74) is 2.19. The predicted molar refractivity (Wildman–Crippen MR) is 130 cm³/mol. The Bertz CT molecular complexity index is 704. The third kappa shape index (κ3) is 7.27. The highest BCUT2D eigenvalue weighted by atomic mass is 16.5. The van der Waals surface area contributed by atoms with Gasteiger partial charge in [-0.3, -0.25) is 14.6 Å². The van der Waals surface area contributed by atoms with E-state index in [4.69, 9.17) is 4.74 Å². The lowest BCUT2D eigenvalue weighted by atomic mass is 9.91. The molecular weight excluding hydrogens is 400 g/mol. The smallest absolute Gasteiger partial charge is 0.221 e. The van der Waals surface area contributed by atoms with E-state index in [2.05, 4.69) is 32.1 Å². The monoisotopic (exact) mass is 442 g/mol. The van der Waals surface area contributed by atoms with Crippen LogP contribution in [0.1, 0.15) is 51.0 Å². The first-order valence-corrected chi connectivity index (χ1v) is 12.8. The lowest BCUT2D eigenvalue weighted by Crippen LogP contribution is -2.56. The summed E-state index contributed by atoms with van der Waals surface area (Å²) in [4.78, 5) is 19.1. The molecule has 6 nitrogen and oxygen atoms in total. The first-order chi connectivity index (χ1) is 15.7. The predicted octanol–water partition coefficient (Wildman–Crippen LogP) is 3.43. The molecule has 3 saturated heterocycles. The molecule has 0 bridgehead atoms. The second-order valence-electron chi connectivity index (χ2n) is 10.0. The third-order valence-electron chi connectivity index (χ3n) is 7.34. The van der Waals surface area contributed by atoms with Gasteiger partial charge < -0.3 is 15.0 Å². The number of anilines is 1. The Morgan fingerprint density at radius 2 is 1.81 bits per heavy atom. The number of likely N-dealkylation sites (tertiary alicyclic amines) is 1. The lowest BCUT2D eigenvalue weighted by Gasteiger charge is -2.46. The van der Waals surface area contributed by atoms with Crippen molar-refractivity contribution in [2.45, 2.75) is 58.0 Å². The summed E-state index contributed by atoms with van der Waals surface area (Å²) >= 11 is 0. The van der Waals surface area contributed by atoms with Crippen molar-refractivity contribution in [2.24, 2.45) is 5.92 Å². The van der Waals surface area contributed by atoms with Crippen molar-refractivity contribution in [3.63, 3.8) is 0 Å². The van der Waals surface area contributed by atoms with Crippen LogP contribution in [0.3, 0.4) is 0 Å². The standard InChI is InChI=1S/C26H42N4O2/c1-22(31)27-25-9-6-23(7-10-25)18-29-15-16-30-19-24(8-11-26(30)20-29)21-32-17-5-14-28-12-3-2-4-13-28/h6-7,9-10,24,26H,2-5,8,11-21H2,1H3,(H,27,31)/t24-,26+/m1/s1. The Hall–Kier alpha value is -1.47. The van der Waals surface area contributed by atoms with Crippen LogP contribution in [-0.4, -0.2) is 85.7 Å². The molecule has 178 valence electrons. The molecule has 0 radical (unpaired) electrons. The fourth-order valence-electron chi connectivity index (χ4n) is 5.58. The van der Waals surface area contributed by atoms with Crippen LogP contribution in [0.15, 0.2) is 24.3 Å². The number of hydrogen-bond acceptors (Lipinski definition) is 5. The highest BCUT2D eigenvalue weighted by Crippen LogP contribution is 2.26. The molecule has 0 aliphatic carbocycles. The molecule has 1 N–H and O–H groups in total. The zero-order chi connectivity index (χ0) is 22.2. The van der Waals surface area contributed by atoms with Crippen molar-refractivity contribution in [2.75, 3.05) is 64.3 Å². The highest BCUT2D eigenvalue weighted by Gasteiger charge is 2.32. The Morgan fingerprint density at radius 1 is 1.00 bits per heavy atom. The SMILES string of the molecule is CC(=O)Nc1ccc(CN2CCN3C[C@H](COCCCN4CCCCC4)CC[C@H]3C2)cc1. The van der Waals surface area contributed by atoms with Gasteiger partial charge in [-0.25, -0.2) is 0 Å². The summed E-state index contributed by atoms with van der Waals surface area (Å²) in [5.74, 6) is 0.682. The second kappa shape index (κ2) is 12.1. The molecule has 6 heteroatoms. The minimum Gasteiger partial charge on any atom is -0.381 e. The number of amides is 1. The first kappa shape index (κ1) is 23.7. The van der Waals surface area contributed by atoms with Crippen LogP contribution in [0.5, 0.6) is 0 Å². The summed E-state index contributed by atoms with van der Waals surface area (Å²) in [6, 6.07) is 8.97. The van der Waals surface area contributed by atoms with Crippen LogP contribution >= 0.6 is 0 Å². The van der Waals surface area contributed by atoms with Crippen LogP contribution in [0.4, 0.5) is 5.69 Å². The minimum absolute atomic E-state index is 0.0210. The molecule has 4 rings (SSSR count). The van der Waals surface area contributed by atoms with Gasteiger partial charge in [-0.2, -0.15) is 0 Å². The van der Waals surface area contributed by atoms with E-state index in [1.807, 2.05) is 12.1 Å². The average molecular weight is 443 g/mol. The van der Waals surface area contributed by atoms with Gasteiger partial charge in [-0.1, -0.05) is 18.6 Å². The van der Waals surface area contributed by atoms with Gasteiger partial charge in [0.15, 0.2) is 0 Å². The van der Waals surface area contributed by atoms with E-state index in [0.29, 0.717) is 12.0 Å². The maximum Gasteiger partial charge on any atom is 0.221 e. The Labute approximate surface area is 194 Å². The van der Waals surface area contributed by atoms with Crippen molar-refractivity contribution in [1.29, 1.82) is 0 Å². The van der Waals surface area contributed by atoms with Gasteiger partial charge in [0.1, 0.15) is 0 Å². The van der Waals surface area contributed by atoms with Crippen molar-refractivity contribution in [1.82, 2.24) is 14.7 Å². The van der Waals surface area contributed by atoms with Crippen LogP contribution in [0, 0.1) is 5.92 Å². The number of hydrogen-bond donors (Lipinski definition) is 1. The number of piperazine rings is 1. The number of carbonyl (C=O) groups excluding carboxylic acids is 1. The number of nitrogens with one attached hydrogen (secondary N) is 1. The van der Waals surface area contributed by atoms with Crippen molar-refractivity contribution in [3.05, 3.63) is 29.8 Å². The quantitative estimate of drug-likeness (QED) is 0.594. The number of benzene rings is 1. The summed E-state index contributed by atoms with van der Waals surface area (Å²) in [7, 11) is 0. The molecule has 0 spiro atoms. The molecule has 32 heavy (non-hydrogen) atoms. The van der Waals surface area contributed by atoms with Crippen LogP contribution in [0.25, 0.3) is 0 Å². The second-order valence-corrected chi connectivity index (χ2v) is 10.0. The molecule has 1 amide bonds. The third-order valence-corrected chi connectivity index (χ3v) is 7.34. The number of nitrogens with zero attached hydrogens (tertiary/aromatic N) is 3. The summed E-state index contributed by atoms with van der Waals surface area (Å²) in [6.45, 7) is 12.9. The van der Waals surface area contributed by atoms with Gasteiger partial charge in [0, 0.05) is 64.5 Å². The maximum absolute atomic E-state index is 11.2. The molecule has 3 heterocycles. The van der Waals surface area contributed by atoms with Crippen LogP contribution in [-0.2, 0) is 16.1 Å². The molecule has 3 aliphatic heterocycles. The summed E-state index contributed by atoms with van der Waals surface area (Å²) in [6.07, 6.45) is 7.94. The summed E-state index contributed by atoms with van der Waals surface area (Å²) < 4.78 is 6.09. The zero-order valence-corrected chi connectivity index (χ0v) is 19.9. The summed E-state index contributed by atoms with van der Waals surface area (Å²) in [5, 5.41) is 2.84. The van der Waals surface area contributed by atoms with E-state index >= 15 is 0 Å². The molecule has 3 aliphatic rings. The van der Waals surface area contributed by atoms with Gasteiger partial charge in [-0.05, 0) is 68.8 Å². The topological polar surface area (TPSA) is 48.1 Å². The van der Waals surface area contributed by atoms with Gasteiger partial charge in [0.25, 0.3) is 0 Å². The van der Waals surface area contributed by atoms with E-state index in [9.17, 15) is 4.79 Å². The number of fused-ring (bicyclic) bond motifs is 1. The molecule has 3 fully saturated rings. The number of carbonyl (C=O) groups is 1. The van der Waals surface area contributed by atoms with E-state index in [1.54, 1.807) is 6.92 Å². The Morgan fingerprint density at radius 3 is 2.59 bits per heavy atom. The molecule has 2 atom stereocenters. The number of piperidine rings is 2. The van der Waals surface area contributed by atoms with E-state index in [0.717, 1.165) is 38.5 Å². The van der Waals surface area contributed by atoms with Crippen LogP contribution < -0.4 is 5.32 Å². The largest absolute Gasteiger partial charge is 0.381 e.